The topological polar surface area (TPSA) is 45.2 Å². The lowest BCUT2D eigenvalue weighted by Crippen LogP contribution is -2.16. The Hall–Kier alpha value is -1.26. The Morgan fingerprint density at radius 1 is 1.26 bits per heavy atom. The van der Waals surface area contributed by atoms with Crippen LogP contribution in [0.15, 0.2) is 18.3 Å². The van der Waals surface area contributed by atoms with Crippen LogP contribution in [0.5, 0.6) is 0 Å². The van der Waals surface area contributed by atoms with Gasteiger partial charge in [-0.15, -0.1) is 0 Å². The summed E-state index contributed by atoms with van der Waals surface area (Å²) in [5, 5.41) is 3.40. The van der Waals surface area contributed by atoms with Gasteiger partial charge in [-0.2, -0.15) is 0 Å². The first kappa shape index (κ1) is 15.8. The Bertz CT molecular complexity index is 373. The van der Waals surface area contributed by atoms with Gasteiger partial charge in [-0.3, -0.25) is 9.78 Å². The summed E-state index contributed by atoms with van der Waals surface area (Å²) in [6.45, 7) is 4.55. The fourth-order valence-corrected chi connectivity index (χ4v) is 1.82. The number of rotatable bonds is 9. The van der Waals surface area contributed by atoms with E-state index in [1.54, 1.807) is 12.3 Å². The van der Waals surface area contributed by atoms with E-state index < -0.39 is 0 Å². The van der Waals surface area contributed by atoms with Crippen molar-refractivity contribution in [1.29, 1.82) is 0 Å². The number of aromatic nitrogens is 1. The van der Waals surface area contributed by atoms with Gasteiger partial charge >= 0.3 is 0 Å². The number of carbonyl (C=O) groups excluding carboxylic acids is 1. The van der Waals surface area contributed by atoms with Crippen molar-refractivity contribution >= 4 is 5.78 Å². The van der Waals surface area contributed by atoms with Crippen molar-refractivity contribution < 1.29 is 4.79 Å². The molecule has 1 rings (SSSR count). The molecule has 4 heteroatoms. The maximum atomic E-state index is 11.1. The van der Waals surface area contributed by atoms with Gasteiger partial charge in [0.25, 0.3) is 0 Å². The van der Waals surface area contributed by atoms with Gasteiger partial charge in [0.1, 0.15) is 5.69 Å². The van der Waals surface area contributed by atoms with E-state index >= 15 is 0 Å². The van der Waals surface area contributed by atoms with Crippen LogP contribution < -0.4 is 5.32 Å². The van der Waals surface area contributed by atoms with Crippen LogP contribution in [0.4, 0.5) is 0 Å². The molecule has 106 valence electrons. The van der Waals surface area contributed by atoms with Gasteiger partial charge in [0.05, 0.1) is 0 Å². The van der Waals surface area contributed by atoms with Gasteiger partial charge in [0, 0.05) is 19.7 Å². The lowest BCUT2D eigenvalue weighted by Gasteiger charge is -2.09. The van der Waals surface area contributed by atoms with Gasteiger partial charge in [0.2, 0.25) is 0 Å². The highest BCUT2D eigenvalue weighted by molar-refractivity contribution is 5.91. The Morgan fingerprint density at radius 2 is 2.05 bits per heavy atom. The third-order valence-electron chi connectivity index (χ3n) is 2.97. The molecule has 0 saturated heterocycles. The molecule has 0 aliphatic rings. The summed E-state index contributed by atoms with van der Waals surface area (Å²) in [6.07, 6.45) is 5.48. The van der Waals surface area contributed by atoms with E-state index in [1.165, 1.54) is 26.2 Å². The Balaban J connectivity index is 2.11. The Labute approximate surface area is 116 Å². The molecule has 0 radical (unpaired) electrons. The molecule has 0 saturated carbocycles. The molecular formula is C15H25N3O. The van der Waals surface area contributed by atoms with Gasteiger partial charge in [-0.05, 0) is 51.7 Å². The van der Waals surface area contributed by atoms with Crippen molar-refractivity contribution in [3.05, 3.63) is 29.6 Å². The first-order chi connectivity index (χ1) is 9.09. The first-order valence-electron chi connectivity index (χ1n) is 6.91. The van der Waals surface area contributed by atoms with E-state index in [-0.39, 0.29) is 5.78 Å². The summed E-state index contributed by atoms with van der Waals surface area (Å²) >= 11 is 0. The molecule has 1 aromatic rings. The van der Waals surface area contributed by atoms with Crippen LogP contribution in [-0.2, 0) is 6.54 Å². The zero-order chi connectivity index (χ0) is 14.1. The maximum absolute atomic E-state index is 11.1. The van der Waals surface area contributed by atoms with Crippen LogP contribution in [0, 0.1) is 0 Å². The van der Waals surface area contributed by atoms with Crippen LogP contribution in [0.25, 0.3) is 0 Å². The quantitative estimate of drug-likeness (QED) is 0.547. The van der Waals surface area contributed by atoms with E-state index in [2.05, 4.69) is 29.3 Å². The number of pyridine rings is 1. The SMILES string of the molecule is CC(=O)c1ccc(CNCCCCCN(C)C)cn1. The van der Waals surface area contributed by atoms with Crippen LogP contribution in [0.1, 0.15) is 42.2 Å². The number of nitrogens with zero attached hydrogens (tertiary/aromatic N) is 2. The molecule has 0 spiro atoms. The normalized spacial score (nSPS) is 10.9. The number of unbranched alkanes of at least 4 members (excludes halogenated alkanes) is 2. The standard InChI is InChI=1S/C15H25N3O/c1-13(19)15-8-7-14(12-17-15)11-16-9-5-4-6-10-18(2)3/h7-8,12,16H,4-6,9-11H2,1-3H3. The zero-order valence-corrected chi connectivity index (χ0v) is 12.3. The van der Waals surface area contributed by atoms with Crippen molar-refractivity contribution in [2.45, 2.75) is 32.7 Å². The van der Waals surface area contributed by atoms with E-state index in [0.717, 1.165) is 25.2 Å². The van der Waals surface area contributed by atoms with Crippen molar-refractivity contribution in [2.24, 2.45) is 0 Å². The average Bonchev–Trinajstić information content (AvgIpc) is 2.38. The Morgan fingerprint density at radius 3 is 2.63 bits per heavy atom. The molecule has 0 unspecified atom stereocenters. The number of nitrogens with one attached hydrogen (secondary N) is 1. The maximum Gasteiger partial charge on any atom is 0.178 e. The molecule has 0 aliphatic carbocycles. The fourth-order valence-electron chi connectivity index (χ4n) is 1.82. The van der Waals surface area contributed by atoms with Crippen LogP contribution in [0.2, 0.25) is 0 Å². The highest BCUT2D eigenvalue weighted by Crippen LogP contribution is 2.01. The van der Waals surface area contributed by atoms with Gasteiger partial charge in [-0.25, -0.2) is 0 Å². The first-order valence-corrected chi connectivity index (χ1v) is 6.91. The average molecular weight is 263 g/mol. The molecule has 0 atom stereocenters. The lowest BCUT2D eigenvalue weighted by atomic mass is 10.2. The number of ketones is 1. The summed E-state index contributed by atoms with van der Waals surface area (Å²) in [5.74, 6) is 0.0143. The predicted octanol–water partition coefficient (Wildman–Crippen LogP) is 2.11. The molecule has 0 amide bonds. The van der Waals surface area contributed by atoms with Gasteiger partial charge < -0.3 is 10.2 Å². The molecule has 0 aliphatic heterocycles. The second-order valence-corrected chi connectivity index (χ2v) is 5.15. The van der Waals surface area contributed by atoms with Gasteiger partial charge in [0.15, 0.2) is 5.78 Å². The van der Waals surface area contributed by atoms with E-state index in [4.69, 9.17) is 0 Å². The number of carbonyl (C=O) groups is 1. The zero-order valence-electron chi connectivity index (χ0n) is 12.3. The van der Waals surface area contributed by atoms with E-state index in [1.807, 2.05) is 6.07 Å². The molecule has 4 nitrogen and oxygen atoms in total. The summed E-state index contributed by atoms with van der Waals surface area (Å²) in [6, 6.07) is 3.75. The minimum absolute atomic E-state index is 0.0143. The second kappa shape index (κ2) is 8.77. The van der Waals surface area contributed by atoms with Crippen LogP contribution in [-0.4, -0.2) is 42.9 Å². The predicted molar refractivity (Wildman–Crippen MR) is 78.4 cm³/mol. The minimum atomic E-state index is 0.0143. The summed E-state index contributed by atoms with van der Waals surface area (Å²) < 4.78 is 0. The van der Waals surface area contributed by atoms with Crippen molar-refractivity contribution in [3.8, 4) is 0 Å². The van der Waals surface area contributed by atoms with Crippen LogP contribution >= 0.6 is 0 Å². The lowest BCUT2D eigenvalue weighted by molar-refractivity contribution is 0.101. The van der Waals surface area contributed by atoms with E-state index in [0.29, 0.717) is 5.69 Å². The smallest absolute Gasteiger partial charge is 0.178 e. The van der Waals surface area contributed by atoms with Gasteiger partial charge in [-0.1, -0.05) is 12.5 Å². The van der Waals surface area contributed by atoms with Crippen molar-refractivity contribution in [1.82, 2.24) is 15.2 Å². The highest BCUT2D eigenvalue weighted by atomic mass is 16.1. The molecule has 1 N–H and O–H groups in total. The molecule has 0 bridgehead atoms. The van der Waals surface area contributed by atoms with Crippen molar-refractivity contribution in [3.63, 3.8) is 0 Å². The molecule has 0 aromatic carbocycles. The number of Topliss-reactive ketones (excluding diaryl/α,β-unsaturated/α-hetero) is 1. The Kier molecular flexibility index (Phi) is 7.30. The molecule has 1 heterocycles. The van der Waals surface area contributed by atoms with Crippen molar-refractivity contribution in [2.75, 3.05) is 27.2 Å². The monoisotopic (exact) mass is 263 g/mol. The summed E-state index contributed by atoms with van der Waals surface area (Å²) in [4.78, 5) is 17.4. The number of hydrogen-bond acceptors (Lipinski definition) is 4. The third-order valence-corrected chi connectivity index (χ3v) is 2.97. The van der Waals surface area contributed by atoms with Crippen LogP contribution in [0.3, 0.4) is 0 Å². The highest BCUT2D eigenvalue weighted by Gasteiger charge is 2.00. The third kappa shape index (κ3) is 7.03. The molecular weight excluding hydrogens is 238 g/mol. The molecule has 0 fully saturated rings. The summed E-state index contributed by atoms with van der Waals surface area (Å²) in [7, 11) is 4.21. The number of hydrogen-bond donors (Lipinski definition) is 1. The largest absolute Gasteiger partial charge is 0.313 e. The molecule has 19 heavy (non-hydrogen) atoms. The second-order valence-electron chi connectivity index (χ2n) is 5.15. The molecule has 1 aromatic heterocycles. The fraction of sp³-hybridized carbons (Fsp3) is 0.600. The summed E-state index contributed by atoms with van der Waals surface area (Å²) in [5.41, 5.74) is 1.66. The minimum Gasteiger partial charge on any atom is -0.313 e. The van der Waals surface area contributed by atoms with E-state index in [9.17, 15) is 4.79 Å².